The van der Waals surface area contributed by atoms with Crippen molar-refractivity contribution in [3.63, 3.8) is 0 Å². The second kappa shape index (κ2) is 5.62. The Balaban J connectivity index is 2.48. The smallest absolute Gasteiger partial charge is 0.248 e. The van der Waals surface area contributed by atoms with Crippen LogP contribution in [0.15, 0.2) is 5.16 Å². The second-order valence-electron chi connectivity index (χ2n) is 4.96. The van der Waals surface area contributed by atoms with E-state index in [4.69, 9.17) is 10.9 Å². The molecule has 0 amide bonds. The summed E-state index contributed by atoms with van der Waals surface area (Å²) >= 11 is 0. The van der Waals surface area contributed by atoms with Crippen LogP contribution >= 0.6 is 0 Å². The summed E-state index contributed by atoms with van der Waals surface area (Å²) in [6, 6.07) is -0.240. The van der Waals surface area contributed by atoms with Crippen LogP contribution in [0.4, 0.5) is 8.78 Å². The molecule has 17 heavy (non-hydrogen) atoms. The van der Waals surface area contributed by atoms with Gasteiger partial charge in [0.15, 0.2) is 5.84 Å². The first-order valence-electron chi connectivity index (χ1n) is 5.91. The molecule has 4 nitrogen and oxygen atoms in total. The van der Waals surface area contributed by atoms with Crippen LogP contribution in [0.25, 0.3) is 0 Å². The van der Waals surface area contributed by atoms with E-state index in [-0.39, 0.29) is 30.6 Å². The van der Waals surface area contributed by atoms with Gasteiger partial charge in [0.1, 0.15) is 0 Å². The Hall–Kier alpha value is -0.910. The molecule has 2 atom stereocenters. The molecular weight excluding hydrogens is 228 g/mol. The average Bonchev–Trinajstić information content (AvgIpc) is 2.25. The van der Waals surface area contributed by atoms with Crippen LogP contribution in [0.1, 0.15) is 32.6 Å². The van der Waals surface area contributed by atoms with E-state index < -0.39 is 5.92 Å². The molecule has 0 aromatic carbocycles. The third-order valence-corrected chi connectivity index (χ3v) is 3.49. The third kappa shape index (κ3) is 4.11. The van der Waals surface area contributed by atoms with Crippen molar-refractivity contribution in [1.82, 2.24) is 4.90 Å². The molecular formula is C11H21F2N3O. The number of oxime groups is 1. The van der Waals surface area contributed by atoms with Crippen molar-refractivity contribution < 1.29 is 14.0 Å². The van der Waals surface area contributed by atoms with Crippen molar-refractivity contribution in [1.29, 1.82) is 0 Å². The molecule has 0 heterocycles. The van der Waals surface area contributed by atoms with Gasteiger partial charge in [-0.1, -0.05) is 5.16 Å². The SMILES string of the molecule is CC(C(N)=NO)N(C)CC1CCCC(F)(F)C1. The number of rotatable bonds is 4. The average molecular weight is 249 g/mol. The van der Waals surface area contributed by atoms with Gasteiger partial charge in [0.25, 0.3) is 0 Å². The fraction of sp³-hybridized carbons (Fsp3) is 0.909. The summed E-state index contributed by atoms with van der Waals surface area (Å²) in [7, 11) is 1.80. The number of alkyl halides is 2. The Morgan fingerprint density at radius 1 is 1.65 bits per heavy atom. The van der Waals surface area contributed by atoms with Crippen LogP contribution in [0.3, 0.4) is 0 Å². The molecule has 0 saturated heterocycles. The third-order valence-electron chi connectivity index (χ3n) is 3.49. The predicted molar refractivity (Wildman–Crippen MR) is 62.4 cm³/mol. The predicted octanol–water partition coefficient (Wildman–Crippen LogP) is 1.88. The van der Waals surface area contributed by atoms with E-state index >= 15 is 0 Å². The highest BCUT2D eigenvalue weighted by atomic mass is 19.3. The van der Waals surface area contributed by atoms with Crippen molar-refractivity contribution in [2.24, 2.45) is 16.8 Å². The summed E-state index contributed by atoms with van der Waals surface area (Å²) in [6.45, 7) is 2.34. The maximum atomic E-state index is 13.2. The molecule has 0 aromatic heterocycles. The molecule has 0 bridgehead atoms. The van der Waals surface area contributed by atoms with E-state index in [2.05, 4.69) is 5.16 Å². The number of amidine groups is 1. The van der Waals surface area contributed by atoms with Crippen molar-refractivity contribution in [2.45, 2.75) is 44.6 Å². The monoisotopic (exact) mass is 249 g/mol. The number of likely N-dealkylation sites (N-methyl/N-ethyl adjacent to an activating group) is 1. The number of hydrogen-bond donors (Lipinski definition) is 2. The van der Waals surface area contributed by atoms with E-state index in [9.17, 15) is 8.78 Å². The lowest BCUT2D eigenvalue weighted by molar-refractivity contribution is -0.0564. The summed E-state index contributed by atoms with van der Waals surface area (Å²) in [5, 5.41) is 11.5. The van der Waals surface area contributed by atoms with Crippen LogP contribution in [-0.4, -0.2) is 41.5 Å². The first-order chi connectivity index (χ1) is 7.85. The Bertz CT molecular complexity index is 284. The molecule has 1 saturated carbocycles. The molecule has 0 spiro atoms. The van der Waals surface area contributed by atoms with Gasteiger partial charge in [-0.25, -0.2) is 8.78 Å². The summed E-state index contributed by atoms with van der Waals surface area (Å²) in [5.41, 5.74) is 5.49. The molecule has 100 valence electrons. The van der Waals surface area contributed by atoms with Crippen LogP contribution in [0.5, 0.6) is 0 Å². The van der Waals surface area contributed by atoms with Crippen molar-refractivity contribution in [3.05, 3.63) is 0 Å². The minimum absolute atomic E-state index is 0.00298. The molecule has 2 unspecified atom stereocenters. The summed E-state index contributed by atoms with van der Waals surface area (Å²) in [5.74, 6) is -2.43. The largest absolute Gasteiger partial charge is 0.409 e. The minimum Gasteiger partial charge on any atom is -0.409 e. The Labute approximate surface area is 100 Å². The first-order valence-corrected chi connectivity index (χ1v) is 5.91. The molecule has 0 aromatic rings. The molecule has 1 aliphatic rings. The maximum Gasteiger partial charge on any atom is 0.248 e. The molecule has 3 N–H and O–H groups in total. The highest BCUT2D eigenvalue weighted by Gasteiger charge is 2.36. The van der Waals surface area contributed by atoms with Crippen molar-refractivity contribution in [3.8, 4) is 0 Å². The van der Waals surface area contributed by atoms with Crippen molar-refractivity contribution in [2.75, 3.05) is 13.6 Å². The fourth-order valence-electron chi connectivity index (χ4n) is 2.31. The summed E-state index contributed by atoms with van der Waals surface area (Å²) < 4.78 is 26.4. The van der Waals surface area contributed by atoms with E-state index in [1.54, 1.807) is 14.0 Å². The molecule has 0 radical (unpaired) electrons. The highest BCUT2D eigenvalue weighted by Crippen LogP contribution is 2.36. The number of nitrogens with two attached hydrogens (primary N) is 1. The quantitative estimate of drug-likeness (QED) is 0.346. The number of halogens is 2. The van der Waals surface area contributed by atoms with Gasteiger partial charge < -0.3 is 10.9 Å². The standard InChI is InChI=1S/C11H21F2N3O/c1-8(10(14)15-17)16(2)7-9-4-3-5-11(12,13)6-9/h8-9,17H,3-7H2,1-2H3,(H2,14,15). The molecule has 1 fully saturated rings. The Morgan fingerprint density at radius 3 is 2.82 bits per heavy atom. The van der Waals surface area contributed by atoms with Gasteiger partial charge in [-0.15, -0.1) is 0 Å². The zero-order chi connectivity index (χ0) is 13.1. The van der Waals surface area contributed by atoms with Gasteiger partial charge in [0.2, 0.25) is 5.92 Å². The second-order valence-corrected chi connectivity index (χ2v) is 4.96. The minimum atomic E-state index is -2.52. The van der Waals surface area contributed by atoms with E-state index in [0.29, 0.717) is 13.0 Å². The normalized spacial score (nSPS) is 27.1. The van der Waals surface area contributed by atoms with Crippen LogP contribution in [0.2, 0.25) is 0 Å². The van der Waals surface area contributed by atoms with Crippen LogP contribution < -0.4 is 5.73 Å². The van der Waals surface area contributed by atoms with Gasteiger partial charge in [-0.2, -0.15) is 0 Å². The molecule has 0 aliphatic heterocycles. The lowest BCUT2D eigenvalue weighted by atomic mass is 9.86. The van der Waals surface area contributed by atoms with Gasteiger partial charge in [0.05, 0.1) is 6.04 Å². The van der Waals surface area contributed by atoms with Gasteiger partial charge in [-0.3, -0.25) is 4.90 Å². The lowest BCUT2D eigenvalue weighted by Crippen LogP contribution is -2.44. The lowest BCUT2D eigenvalue weighted by Gasteiger charge is -2.33. The molecule has 6 heteroatoms. The fourth-order valence-corrected chi connectivity index (χ4v) is 2.31. The topological polar surface area (TPSA) is 61.9 Å². The highest BCUT2D eigenvalue weighted by molar-refractivity contribution is 5.84. The molecule has 1 rings (SSSR count). The van der Waals surface area contributed by atoms with Crippen LogP contribution in [0, 0.1) is 5.92 Å². The van der Waals surface area contributed by atoms with Crippen LogP contribution in [-0.2, 0) is 0 Å². The van der Waals surface area contributed by atoms with E-state index in [1.807, 2.05) is 4.90 Å². The van der Waals surface area contributed by atoms with E-state index in [0.717, 1.165) is 6.42 Å². The summed E-state index contributed by atoms with van der Waals surface area (Å²) in [4.78, 5) is 1.85. The van der Waals surface area contributed by atoms with E-state index in [1.165, 1.54) is 0 Å². The first kappa shape index (κ1) is 14.2. The Morgan fingerprint density at radius 2 is 2.29 bits per heavy atom. The maximum absolute atomic E-state index is 13.2. The number of hydrogen-bond acceptors (Lipinski definition) is 3. The van der Waals surface area contributed by atoms with Gasteiger partial charge >= 0.3 is 0 Å². The zero-order valence-corrected chi connectivity index (χ0v) is 10.4. The molecule has 1 aliphatic carbocycles. The Kier molecular flexibility index (Phi) is 4.68. The van der Waals surface area contributed by atoms with Gasteiger partial charge in [0, 0.05) is 19.4 Å². The van der Waals surface area contributed by atoms with Crippen molar-refractivity contribution >= 4 is 5.84 Å². The zero-order valence-electron chi connectivity index (χ0n) is 10.4. The number of nitrogens with zero attached hydrogens (tertiary/aromatic N) is 2. The summed E-state index contributed by atoms with van der Waals surface area (Å²) in [6.07, 6.45) is 1.34. The van der Waals surface area contributed by atoms with Gasteiger partial charge in [-0.05, 0) is 32.7 Å².